The molecule has 5 heteroatoms. The third-order valence-corrected chi connectivity index (χ3v) is 4.37. The molecular weight excluding hydrogens is 302 g/mol. The molecule has 1 aliphatic rings. The number of nitrogens with zero attached hydrogens (tertiary/aromatic N) is 2. The van der Waals surface area contributed by atoms with E-state index in [9.17, 15) is 0 Å². The number of hydrogen-bond acceptors (Lipinski definition) is 5. The van der Waals surface area contributed by atoms with Gasteiger partial charge in [-0.15, -0.1) is 0 Å². The van der Waals surface area contributed by atoms with Crippen molar-refractivity contribution in [2.45, 2.75) is 25.4 Å². The molecule has 0 amide bonds. The van der Waals surface area contributed by atoms with Crippen molar-refractivity contribution in [2.24, 2.45) is 0 Å². The van der Waals surface area contributed by atoms with Gasteiger partial charge in [-0.2, -0.15) is 0 Å². The molecular formula is C19H25N3O2. The van der Waals surface area contributed by atoms with E-state index in [4.69, 9.17) is 9.84 Å². The Morgan fingerprint density at radius 2 is 1.92 bits per heavy atom. The van der Waals surface area contributed by atoms with E-state index in [1.807, 2.05) is 36.5 Å². The first-order chi connectivity index (χ1) is 11.9. The maximum atomic E-state index is 8.92. The van der Waals surface area contributed by atoms with E-state index in [1.165, 1.54) is 0 Å². The van der Waals surface area contributed by atoms with E-state index < -0.39 is 0 Å². The van der Waals surface area contributed by atoms with Crippen molar-refractivity contribution in [3.63, 3.8) is 0 Å². The number of rotatable bonds is 7. The van der Waals surface area contributed by atoms with Crippen molar-refractivity contribution >= 4 is 5.82 Å². The highest BCUT2D eigenvalue weighted by atomic mass is 16.5. The van der Waals surface area contributed by atoms with E-state index >= 15 is 0 Å². The average Bonchev–Trinajstić information content (AvgIpc) is 2.66. The quantitative estimate of drug-likeness (QED) is 0.816. The number of aliphatic hydroxyl groups is 1. The minimum atomic E-state index is 0.0355. The zero-order valence-corrected chi connectivity index (χ0v) is 13.9. The Labute approximate surface area is 143 Å². The van der Waals surface area contributed by atoms with E-state index in [1.54, 1.807) is 0 Å². The molecule has 0 unspecified atom stereocenters. The summed E-state index contributed by atoms with van der Waals surface area (Å²) < 4.78 is 5.59. The maximum Gasteiger partial charge on any atom is 0.128 e. The van der Waals surface area contributed by atoms with Crippen LogP contribution in [0.1, 0.15) is 18.4 Å². The van der Waals surface area contributed by atoms with Gasteiger partial charge in [0.1, 0.15) is 18.2 Å². The van der Waals surface area contributed by atoms with Crippen LogP contribution < -0.4 is 15.0 Å². The summed E-state index contributed by atoms with van der Waals surface area (Å²) in [6, 6.07) is 14.6. The number of ether oxygens (including phenoxy) is 1. The summed E-state index contributed by atoms with van der Waals surface area (Å²) in [5, 5.41) is 12.6. The first-order valence-electron chi connectivity index (χ1n) is 8.58. The molecule has 2 heterocycles. The SMILES string of the molecule is OCCOc1ccccc1CNC1CCN(c2ccccn2)CC1. The fourth-order valence-corrected chi connectivity index (χ4v) is 3.05. The Hall–Kier alpha value is -2.11. The van der Waals surface area contributed by atoms with Gasteiger partial charge in [-0.3, -0.25) is 0 Å². The molecule has 0 saturated carbocycles. The van der Waals surface area contributed by atoms with E-state index in [0.717, 1.165) is 49.6 Å². The monoisotopic (exact) mass is 327 g/mol. The fraction of sp³-hybridized carbons (Fsp3) is 0.421. The minimum Gasteiger partial charge on any atom is -0.491 e. The molecule has 1 aromatic heterocycles. The minimum absolute atomic E-state index is 0.0355. The first-order valence-corrected chi connectivity index (χ1v) is 8.58. The van der Waals surface area contributed by atoms with Crippen molar-refractivity contribution in [2.75, 3.05) is 31.2 Å². The first kappa shape index (κ1) is 16.7. The van der Waals surface area contributed by atoms with Crippen LogP contribution in [0.25, 0.3) is 0 Å². The fourth-order valence-electron chi connectivity index (χ4n) is 3.05. The van der Waals surface area contributed by atoms with Crippen molar-refractivity contribution < 1.29 is 9.84 Å². The smallest absolute Gasteiger partial charge is 0.128 e. The molecule has 2 N–H and O–H groups in total. The third kappa shape index (κ3) is 4.46. The molecule has 0 bridgehead atoms. The molecule has 5 nitrogen and oxygen atoms in total. The van der Waals surface area contributed by atoms with Crippen molar-refractivity contribution in [3.05, 3.63) is 54.2 Å². The number of benzene rings is 1. The number of hydrogen-bond donors (Lipinski definition) is 2. The maximum absolute atomic E-state index is 8.92. The number of para-hydroxylation sites is 1. The van der Waals surface area contributed by atoms with E-state index in [2.05, 4.69) is 27.3 Å². The van der Waals surface area contributed by atoms with Crippen molar-refractivity contribution in [1.29, 1.82) is 0 Å². The Morgan fingerprint density at radius 1 is 1.12 bits per heavy atom. The summed E-state index contributed by atoms with van der Waals surface area (Å²) in [7, 11) is 0. The van der Waals surface area contributed by atoms with Gasteiger partial charge < -0.3 is 20.1 Å². The van der Waals surface area contributed by atoms with Crippen LogP contribution in [-0.2, 0) is 6.54 Å². The van der Waals surface area contributed by atoms with Gasteiger partial charge in [-0.05, 0) is 31.0 Å². The number of aliphatic hydroxyl groups excluding tert-OH is 1. The van der Waals surface area contributed by atoms with Crippen LogP contribution in [0.5, 0.6) is 5.75 Å². The lowest BCUT2D eigenvalue weighted by atomic mass is 10.0. The third-order valence-electron chi connectivity index (χ3n) is 4.37. The molecule has 0 aliphatic carbocycles. The van der Waals surface area contributed by atoms with Gasteiger partial charge >= 0.3 is 0 Å². The van der Waals surface area contributed by atoms with Gasteiger partial charge in [0.15, 0.2) is 0 Å². The van der Waals surface area contributed by atoms with Gasteiger partial charge in [-0.25, -0.2) is 4.98 Å². The van der Waals surface area contributed by atoms with Gasteiger partial charge in [0, 0.05) is 37.4 Å². The Kier molecular flexibility index (Phi) is 6.04. The number of pyridine rings is 1. The molecule has 1 saturated heterocycles. The summed E-state index contributed by atoms with van der Waals surface area (Å²) in [5.41, 5.74) is 1.14. The average molecular weight is 327 g/mol. The highest BCUT2D eigenvalue weighted by Crippen LogP contribution is 2.20. The molecule has 3 rings (SSSR count). The lowest BCUT2D eigenvalue weighted by Gasteiger charge is -2.33. The van der Waals surface area contributed by atoms with Crippen LogP contribution in [0.15, 0.2) is 48.7 Å². The van der Waals surface area contributed by atoms with E-state index in [-0.39, 0.29) is 6.61 Å². The lowest BCUT2D eigenvalue weighted by molar-refractivity contribution is 0.200. The van der Waals surface area contributed by atoms with Gasteiger partial charge in [0.05, 0.1) is 6.61 Å². The molecule has 0 radical (unpaired) electrons. The molecule has 1 fully saturated rings. The van der Waals surface area contributed by atoms with Gasteiger partial charge in [0.2, 0.25) is 0 Å². The Balaban J connectivity index is 1.49. The second-order valence-electron chi connectivity index (χ2n) is 6.01. The van der Waals surface area contributed by atoms with Gasteiger partial charge in [-0.1, -0.05) is 24.3 Å². The van der Waals surface area contributed by atoms with Crippen LogP contribution in [0, 0.1) is 0 Å². The molecule has 0 atom stereocenters. The predicted octanol–water partition coefficient (Wildman–Crippen LogP) is 2.21. The molecule has 128 valence electrons. The summed E-state index contributed by atoms with van der Waals surface area (Å²) in [6.45, 7) is 3.21. The Morgan fingerprint density at radius 3 is 2.67 bits per heavy atom. The van der Waals surface area contributed by atoms with Crippen molar-refractivity contribution in [1.82, 2.24) is 10.3 Å². The second-order valence-corrected chi connectivity index (χ2v) is 6.01. The molecule has 1 aromatic carbocycles. The molecule has 24 heavy (non-hydrogen) atoms. The van der Waals surface area contributed by atoms with Crippen molar-refractivity contribution in [3.8, 4) is 5.75 Å². The highest BCUT2D eigenvalue weighted by molar-refractivity contribution is 5.38. The van der Waals surface area contributed by atoms with E-state index in [0.29, 0.717) is 12.6 Å². The molecule has 0 spiro atoms. The summed E-state index contributed by atoms with van der Waals surface area (Å²) in [4.78, 5) is 6.77. The summed E-state index contributed by atoms with van der Waals surface area (Å²) in [6.07, 6.45) is 4.06. The molecule has 1 aliphatic heterocycles. The number of aromatic nitrogens is 1. The van der Waals surface area contributed by atoms with Crippen LogP contribution in [0.2, 0.25) is 0 Å². The highest BCUT2D eigenvalue weighted by Gasteiger charge is 2.19. The van der Waals surface area contributed by atoms with Gasteiger partial charge in [0.25, 0.3) is 0 Å². The normalized spacial score (nSPS) is 15.5. The summed E-state index contributed by atoms with van der Waals surface area (Å²) >= 11 is 0. The zero-order chi connectivity index (χ0) is 16.6. The number of nitrogens with one attached hydrogen (secondary N) is 1. The number of anilines is 1. The summed E-state index contributed by atoms with van der Waals surface area (Å²) in [5.74, 6) is 1.92. The largest absolute Gasteiger partial charge is 0.491 e. The Bertz CT molecular complexity index is 613. The molecule has 2 aromatic rings. The predicted molar refractivity (Wildman–Crippen MR) is 95.3 cm³/mol. The zero-order valence-electron chi connectivity index (χ0n) is 13.9. The standard InChI is InChI=1S/C19H25N3O2/c23-13-14-24-18-6-2-1-5-16(18)15-21-17-8-11-22(12-9-17)19-7-3-4-10-20-19/h1-7,10,17,21,23H,8-9,11-15H2. The van der Waals surface area contributed by atoms with Crippen LogP contribution in [0.4, 0.5) is 5.82 Å². The second kappa shape index (κ2) is 8.66. The number of piperidine rings is 1. The lowest BCUT2D eigenvalue weighted by Crippen LogP contribution is -2.42. The topological polar surface area (TPSA) is 57.6 Å². The van der Waals surface area contributed by atoms with Crippen LogP contribution in [-0.4, -0.2) is 42.4 Å². The van der Waals surface area contributed by atoms with Crippen LogP contribution in [0.3, 0.4) is 0 Å². The van der Waals surface area contributed by atoms with Crippen LogP contribution >= 0.6 is 0 Å².